The lowest BCUT2D eigenvalue weighted by molar-refractivity contribution is 0.646. The van der Waals surface area contributed by atoms with E-state index in [9.17, 15) is 0 Å². The molecule has 0 aliphatic heterocycles. The van der Waals surface area contributed by atoms with Crippen LogP contribution in [0.15, 0.2) is 23.8 Å². The quantitative estimate of drug-likeness (QED) is 0.523. The van der Waals surface area contributed by atoms with Crippen molar-refractivity contribution in [2.75, 3.05) is 0 Å². The zero-order chi connectivity index (χ0) is 8.15. The molecule has 0 saturated heterocycles. The monoisotopic (exact) mass is 138 g/mol. The molecule has 0 N–H and O–H groups in total. The molecule has 58 valence electrons. The van der Waals surface area contributed by atoms with E-state index in [4.69, 9.17) is 0 Å². The van der Waals surface area contributed by atoms with Crippen molar-refractivity contribution in [1.82, 2.24) is 0 Å². The van der Waals surface area contributed by atoms with Gasteiger partial charge in [0.15, 0.2) is 0 Å². The van der Waals surface area contributed by atoms with Gasteiger partial charge in [-0.1, -0.05) is 32.1 Å². The number of rotatable bonds is 3. The van der Waals surface area contributed by atoms with E-state index in [1.54, 1.807) is 0 Å². The normalized spacial score (nSPS) is 9.70. The molecule has 0 aromatic carbocycles. The first-order valence-corrected chi connectivity index (χ1v) is 3.86. The largest absolute Gasteiger partial charge is 0.0988 e. The average Bonchev–Trinajstić information content (AvgIpc) is 1.81. The molecular weight excluding hydrogens is 120 g/mol. The molecule has 0 atom stereocenters. The molecule has 0 bridgehead atoms. The van der Waals surface area contributed by atoms with Crippen LogP contribution in [0.4, 0.5) is 0 Å². The van der Waals surface area contributed by atoms with Crippen LogP contribution in [-0.4, -0.2) is 0 Å². The van der Waals surface area contributed by atoms with Crippen molar-refractivity contribution in [3.8, 4) is 0 Å². The highest BCUT2D eigenvalue weighted by atomic mass is 14.0. The summed E-state index contributed by atoms with van der Waals surface area (Å²) in [4.78, 5) is 0. The zero-order valence-corrected chi connectivity index (χ0v) is 7.57. The van der Waals surface area contributed by atoms with Crippen molar-refractivity contribution in [3.05, 3.63) is 23.8 Å². The Morgan fingerprint density at radius 2 is 1.90 bits per heavy atom. The summed E-state index contributed by atoms with van der Waals surface area (Å²) in [6.45, 7) is 12.5. The van der Waals surface area contributed by atoms with Gasteiger partial charge in [-0.25, -0.2) is 0 Å². The Morgan fingerprint density at radius 1 is 1.40 bits per heavy atom. The summed E-state index contributed by atoms with van der Waals surface area (Å²) < 4.78 is 0. The van der Waals surface area contributed by atoms with E-state index in [1.165, 1.54) is 11.1 Å². The van der Waals surface area contributed by atoms with Crippen molar-refractivity contribution in [3.63, 3.8) is 0 Å². The molecule has 0 aromatic heterocycles. The fourth-order valence-electron chi connectivity index (χ4n) is 0.931. The first kappa shape index (κ1) is 9.48. The third-order valence-corrected chi connectivity index (χ3v) is 1.52. The molecule has 0 unspecified atom stereocenters. The molecule has 0 aliphatic carbocycles. The Hall–Kier alpha value is -0.520. The van der Waals surface area contributed by atoms with Gasteiger partial charge in [0.2, 0.25) is 0 Å². The molecule has 0 nitrogen and oxygen atoms in total. The maximum atomic E-state index is 3.78. The lowest BCUT2D eigenvalue weighted by Crippen LogP contribution is -1.90. The van der Waals surface area contributed by atoms with E-state index in [-0.39, 0.29) is 0 Å². The summed E-state index contributed by atoms with van der Waals surface area (Å²) in [7, 11) is 0. The first-order valence-electron chi connectivity index (χ1n) is 3.86. The molecule has 0 aliphatic rings. The van der Waals surface area contributed by atoms with Crippen molar-refractivity contribution in [1.29, 1.82) is 0 Å². The van der Waals surface area contributed by atoms with E-state index < -0.39 is 0 Å². The second kappa shape index (κ2) is 4.32. The van der Waals surface area contributed by atoms with Crippen LogP contribution < -0.4 is 0 Å². The van der Waals surface area contributed by atoms with E-state index in [0.29, 0.717) is 0 Å². The SMILES string of the molecule is C=CC(CC(C)C)=C(C)C. The topological polar surface area (TPSA) is 0 Å². The maximum absolute atomic E-state index is 3.78. The molecule has 0 amide bonds. The summed E-state index contributed by atoms with van der Waals surface area (Å²) in [5.74, 6) is 0.739. The Bertz CT molecular complexity index is 134. The number of allylic oxidation sites excluding steroid dienone is 3. The summed E-state index contributed by atoms with van der Waals surface area (Å²) in [5.41, 5.74) is 2.79. The number of hydrogen-bond acceptors (Lipinski definition) is 0. The highest BCUT2D eigenvalue weighted by molar-refractivity contribution is 5.21. The Labute approximate surface area is 64.6 Å². The minimum absolute atomic E-state index is 0.739. The van der Waals surface area contributed by atoms with Crippen LogP contribution in [0.1, 0.15) is 34.1 Å². The van der Waals surface area contributed by atoms with Gasteiger partial charge in [-0.3, -0.25) is 0 Å². The molecule has 0 heterocycles. The zero-order valence-electron chi connectivity index (χ0n) is 7.57. The van der Waals surface area contributed by atoms with Crippen LogP contribution in [0.5, 0.6) is 0 Å². The molecule has 0 radical (unpaired) electrons. The minimum Gasteiger partial charge on any atom is -0.0988 e. The lowest BCUT2D eigenvalue weighted by Gasteiger charge is -2.06. The van der Waals surface area contributed by atoms with Gasteiger partial charge in [-0.2, -0.15) is 0 Å². The molecule has 10 heavy (non-hydrogen) atoms. The van der Waals surface area contributed by atoms with Crippen LogP contribution in [0.25, 0.3) is 0 Å². The third-order valence-electron chi connectivity index (χ3n) is 1.52. The van der Waals surface area contributed by atoms with Gasteiger partial charge in [0.1, 0.15) is 0 Å². The molecule has 0 aromatic rings. The Morgan fingerprint density at radius 3 is 2.00 bits per heavy atom. The van der Waals surface area contributed by atoms with Gasteiger partial charge in [0, 0.05) is 0 Å². The van der Waals surface area contributed by atoms with Crippen LogP contribution in [-0.2, 0) is 0 Å². The number of hydrogen-bond donors (Lipinski definition) is 0. The van der Waals surface area contributed by atoms with Crippen LogP contribution in [0.3, 0.4) is 0 Å². The predicted molar refractivity (Wildman–Crippen MR) is 48.0 cm³/mol. The van der Waals surface area contributed by atoms with Crippen molar-refractivity contribution < 1.29 is 0 Å². The van der Waals surface area contributed by atoms with Gasteiger partial charge < -0.3 is 0 Å². The standard InChI is InChI=1S/C10H18/c1-6-10(9(4)5)7-8(2)3/h6,8H,1,7H2,2-5H3. The summed E-state index contributed by atoms with van der Waals surface area (Å²) >= 11 is 0. The fourth-order valence-corrected chi connectivity index (χ4v) is 0.931. The van der Waals surface area contributed by atoms with E-state index >= 15 is 0 Å². The van der Waals surface area contributed by atoms with Gasteiger partial charge >= 0.3 is 0 Å². The van der Waals surface area contributed by atoms with Crippen molar-refractivity contribution in [2.24, 2.45) is 5.92 Å². The molecule has 0 spiro atoms. The van der Waals surface area contributed by atoms with Crippen molar-refractivity contribution >= 4 is 0 Å². The lowest BCUT2D eigenvalue weighted by atomic mass is 10.00. The smallest absolute Gasteiger partial charge is 0.0257 e. The predicted octanol–water partition coefficient (Wildman–Crippen LogP) is 3.55. The van der Waals surface area contributed by atoms with Crippen molar-refractivity contribution in [2.45, 2.75) is 34.1 Å². The van der Waals surface area contributed by atoms with Gasteiger partial charge in [0.05, 0.1) is 0 Å². The first-order chi connectivity index (χ1) is 4.57. The second-order valence-electron chi connectivity index (χ2n) is 3.33. The van der Waals surface area contributed by atoms with E-state index in [0.717, 1.165) is 12.3 Å². The third kappa shape index (κ3) is 3.49. The molecule has 0 fully saturated rings. The molecule has 0 heteroatoms. The molecule has 0 saturated carbocycles. The fraction of sp³-hybridized carbons (Fsp3) is 0.600. The molecule has 0 rings (SSSR count). The van der Waals surface area contributed by atoms with Gasteiger partial charge in [-0.05, 0) is 31.8 Å². The maximum Gasteiger partial charge on any atom is -0.0257 e. The van der Waals surface area contributed by atoms with E-state index in [2.05, 4.69) is 34.3 Å². The summed E-state index contributed by atoms with van der Waals surface area (Å²) in [5, 5.41) is 0. The summed E-state index contributed by atoms with van der Waals surface area (Å²) in [6, 6.07) is 0. The highest BCUT2D eigenvalue weighted by Gasteiger charge is 1.97. The molecular formula is C10H18. The van der Waals surface area contributed by atoms with Gasteiger partial charge in [-0.15, -0.1) is 0 Å². The Kier molecular flexibility index (Phi) is 4.10. The van der Waals surface area contributed by atoms with Crippen LogP contribution in [0.2, 0.25) is 0 Å². The van der Waals surface area contributed by atoms with Gasteiger partial charge in [0.25, 0.3) is 0 Å². The average molecular weight is 138 g/mol. The van der Waals surface area contributed by atoms with E-state index in [1.807, 2.05) is 6.08 Å². The summed E-state index contributed by atoms with van der Waals surface area (Å²) in [6.07, 6.45) is 3.13. The minimum atomic E-state index is 0.739. The highest BCUT2D eigenvalue weighted by Crippen LogP contribution is 2.14. The van der Waals surface area contributed by atoms with Crippen LogP contribution >= 0.6 is 0 Å². The Balaban J connectivity index is 4.11. The van der Waals surface area contributed by atoms with Crippen LogP contribution in [0, 0.1) is 5.92 Å². The second-order valence-corrected chi connectivity index (χ2v) is 3.33.